The van der Waals surface area contributed by atoms with E-state index in [1.165, 1.54) is 0 Å². The first-order valence-electron chi connectivity index (χ1n) is 9.58. The zero-order chi connectivity index (χ0) is 26.5. The standard InChI is InChI=1S/C21H17ClF4N2O7/c1-4-5-33-6-7-34-18(30)11(2)35-19(31)12-8-15(14(23)9-13(12)22)28-17(29)10-16(21(24,25)26)27(3)20(28)32/h1,8-11H,5-7H2,2-3H3/t11-/m0/s1. The number of terminal acetylenes is 1. The number of carbonyl (C=O) groups is 2. The molecule has 2 rings (SSSR count). The van der Waals surface area contributed by atoms with Crippen molar-refractivity contribution in [1.29, 1.82) is 0 Å². The number of rotatable bonds is 8. The van der Waals surface area contributed by atoms with Crippen LogP contribution >= 0.6 is 11.6 Å². The van der Waals surface area contributed by atoms with Crippen LogP contribution in [0.3, 0.4) is 0 Å². The van der Waals surface area contributed by atoms with Crippen LogP contribution in [0.5, 0.6) is 0 Å². The minimum atomic E-state index is -5.03. The van der Waals surface area contributed by atoms with E-state index in [2.05, 4.69) is 5.92 Å². The van der Waals surface area contributed by atoms with Gasteiger partial charge in [-0.1, -0.05) is 17.5 Å². The molecule has 1 aromatic heterocycles. The molecule has 0 saturated heterocycles. The molecule has 0 radical (unpaired) electrons. The maximum absolute atomic E-state index is 14.6. The lowest BCUT2D eigenvalue weighted by Crippen LogP contribution is -2.41. The number of carbonyl (C=O) groups excluding carboxylic acids is 2. The molecule has 0 aliphatic rings. The molecule has 2 aromatic rings. The van der Waals surface area contributed by atoms with E-state index in [9.17, 15) is 36.7 Å². The highest BCUT2D eigenvalue weighted by atomic mass is 35.5. The number of halogens is 5. The predicted octanol–water partition coefficient (Wildman–Crippen LogP) is 2.09. The lowest BCUT2D eigenvalue weighted by molar-refractivity contribution is -0.154. The molecule has 0 aliphatic heterocycles. The van der Waals surface area contributed by atoms with E-state index < -0.39 is 63.3 Å². The molecule has 35 heavy (non-hydrogen) atoms. The molecule has 0 aliphatic carbocycles. The monoisotopic (exact) mass is 520 g/mol. The maximum atomic E-state index is 14.6. The van der Waals surface area contributed by atoms with Gasteiger partial charge in [-0.3, -0.25) is 9.36 Å². The maximum Gasteiger partial charge on any atom is 0.431 e. The topological polar surface area (TPSA) is 106 Å². The van der Waals surface area contributed by atoms with Gasteiger partial charge in [0.05, 0.1) is 22.9 Å². The summed E-state index contributed by atoms with van der Waals surface area (Å²) in [6, 6.07) is 1.30. The third-order valence-corrected chi connectivity index (χ3v) is 4.69. The van der Waals surface area contributed by atoms with Gasteiger partial charge in [-0.25, -0.2) is 23.3 Å². The van der Waals surface area contributed by atoms with Crippen molar-refractivity contribution < 1.29 is 41.4 Å². The van der Waals surface area contributed by atoms with Gasteiger partial charge in [-0.05, 0) is 19.1 Å². The van der Waals surface area contributed by atoms with Gasteiger partial charge in [-0.15, -0.1) is 6.42 Å². The Hall–Kier alpha value is -3.63. The average Bonchev–Trinajstić information content (AvgIpc) is 2.76. The predicted molar refractivity (Wildman–Crippen MR) is 113 cm³/mol. The largest absolute Gasteiger partial charge is 0.461 e. The minimum Gasteiger partial charge on any atom is -0.461 e. The molecular formula is C21H17ClF4N2O7. The fraction of sp³-hybridized carbons (Fsp3) is 0.333. The lowest BCUT2D eigenvalue weighted by atomic mass is 10.2. The van der Waals surface area contributed by atoms with Crippen molar-refractivity contribution in [2.45, 2.75) is 19.2 Å². The number of esters is 2. The van der Waals surface area contributed by atoms with Crippen LogP contribution in [-0.4, -0.2) is 47.0 Å². The summed E-state index contributed by atoms with van der Waals surface area (Å²) >= 11 is 5.87. The van der Waals surface area contributed by atoms with E-state index >= 15 is 0 Å². The molecule has 1 heterocycles. The summed E-state index contributed by atoms with van der Waals surface area (Å²) in [5, 5.41) is -0.517. The van der Waals surface area contributed by atoms with Gasteiger partial charge in [-0.2, -0.15) is 13.2 Å². The fourth-order valence-corrected chi connectivity index (χ4v) is 2.93. The quantitative estimate of drug-likeness (QED) is 0.227. The third-order valence-electron chi connectivity index (χ3n) is 4.38. The van der Waals surface area contributed by atoms with Crippen LogP contribution in [0.4, 0.5) is 17.6 Å². The molecule has 14 heteroatoms. The highest BCUT2D eigenvalue weighted by Crippen LogP contribution is 2.28. The summed E-state index contributed by atoms with van der Waals surface area (Å²) in [5.74, 6) is -1.31. The summed E-state index contributed by atoms with van der Waals surface area (Å²) in [6.07, 6.45) is -1.50. The molecule has 1 aromatic carbocycles. The van der Waals surface area contributed by atoms with Crippen LogP contribution in [0.15, 0.2) is 27.8 Å². The summed E-state index contributed by atoms with van der Waals surface area (Å²) in [4.78, 5) is 49.1. The van der Waals surface area contributed by atoms with Gasteiger partial charge in [0, 0.05) is 13.1 Å². The Kier molecular flexibility index (Phi) is 8.83. The van der Waals surface area contributed by atoms with Crippen molar-refractivity contribution in [3.05, 3.63) is 61.1 Å². The van der Waals surface area contributed by atoms with Gasteiger partial charge in [0.15, 0.2) is 6.10 Å². The zero-order valence-electron chi connectivity index (χ0n) is 18.2. The summed E-state index contributed by atoms with van der Waals surface area (Å²) in [5.41, 5.74) is -6.04. The Balaban J connectivity index is 2.35. The number of nitrogens with zero attached hydrogens (tertiary/aromatic N) is 2. The molecule has 1 atom stereocenters. The normalized spacial score (nSPS) is 12.1. The smallest absolute Gasteiger partial charge is 0.431 e. The van der Waals surface area contributed by atoms with Crippen molar-refractivity contribution >= 4 is 23.5 Å². The summed E-state index contributed by atoms with van der Waals surface area (Å²) in [6.45, 7) is 0.959. The van der Waals surface area contributed by atoms with E-state index in [1.807, 2.05) is 0 Å². The summed E-state index contributed by atoms with van der Waals surface area (Å²) in [7, 11) is 0.731. The first kappa shape index (κ1) is 27.6. The van der Waals surface area contributed by atoms with Crippen LogP contribution in [0, 0.1) is 18.2 Å². The van der Waals surface area contributed by atoms with Crippen molar-refractivity contribution in [3.63, 3.8) is 0 Å². The van der Waals surface area contributed by atoms with E-state index in [1.54, 1.807) is 0 Å². The Labute approximate surface area is 199 Å². The van der Waals surface area contributed by atoms with Gasteiger partial charge in [0.1, 0.15) is 24.7 Å². The lowest BCUT2D eigenvalue weighted by Gasteiger charge is -2.16. The number of benzene rings is 1. The van der Waals surface area contributed by atoms with Gasteiger partial charge < -0.3 is 14.2 Å². The van der Waals surface area contributed by atoms with E-state index in [4.69, 9.17) is 32.2 Å². The zero-order valence-corrected chi connectivity index (χ0v) is 18.9. The number of aromatic nitrogens is 2. The molecule has 0 saturated carbocycles. The fourth-order valence-electron chi connectivity index (χ4n) is 2.71. The van der Waals surface area contributed by atoms with E-state index in [-0.39, 0.29) is 35.0 Å². The molecule has 188 valence electrons. The SMILES string of the molecule is C#CCOCCOC(=O)[C@H](C)OC(=O)c1cc(-n2c(=O)cc(C(F)(F)F)n(C)c2=O)c(F)cc1Cl. The van der Waals surface area contributed by atoms with Gasteiger partial charge in [0.25, 0.3) is 5.56 Å². The highest BCUT2D eigenvalue weighted by molar-refractivity contribution is 6.33. The molecule has 0 spiro atoms. The van der Waals surface area contributed by atoms with E-state index in [0.29, 0.717) is 12.1 Å². The van der Waals surface area contributed by atoms with Crippen molar-refractivity contribution in [2.75, 3.05) is 19.8 Å². The Morgan fingerprint density at radius 3 is 2.46 bits per heavy atom. The first-order chi connectivity index (χ1) is 16.3. The molecule has 0 bridgehead atoms. The number of hydrogen-bond donors (Lipinski definition) is 0. The Bertz CT molecular complexity index is 1290. The Morgan fingerprint density at radius 1 is 1.20 bits per heavy atom. The van der Waals surface area contributed by atoms with Crippen molar-refractivity contribution in [2.24, 2.45) is 7.05 Å². The second kappa shape index (κ2) is 11.2. The molecule has 0 fully saturated rings. The van der Waals surface area contributed by atoms with Crippen LogP contribution in [0.2, 0.25) is 5.02 Å². The molecule has 0 amide bonds. The molecule has 0 N–H and O–H groups in total. The van der Waals surface area contributed by atoms with Crippen LogP contribution < -0.4 is 11.2 Å². The molecular weight excluding hydrogens is 504 g/mol. The van der Waals surface area contributed by atoms with Crippen LogP contribution in [0.25, 0.3) is 5.69 Å². The Morgan fingerprint density at radius 2 is 1.86 bits per heavy atom. The van der Waals surface area contributed by atoms with Crippen molar-refractivity contribution in [3.8, 4) is 18.0 Å². The second-order valence-electron chi connectivity index (χ2n) is 6.80. The van der Waals surface area contributed by atoms with Crippen molar-refractivity contribution in [1.82, 2.24) is 9.13 Å². The van der Waals surface area contributed by atoms with Crippen LogP contribution in [-0.2, 0) is 32.2 Å². The van der Waals surface area contributed by atoms with Crippen LogP contribution in [0.1, 0.15) is 23.0 Å². The molecule has 9 nitrogen and oxygen atoms in total. The minimum absolute atomic E-state index is 0.00138. The number of ether oxygens (including phenoxy) is 3. The molecule has 0 unspecified atom stereocenters. The second-order valence-corrected chi connectivity index (χ2v) is 7.20. The highest BCUT2D eigenvalue weighted by Gasteiger charge is 2.35. The summed E-state index contributed by atoms with van der Waals surface area (Å²) < 4.78 is 68.6. The van der Waals surface area contributed by atoms with Gasteiger partial charge in [0.2, 0.25) is 0 Å². The first-order valence-corrected chi connectivity index (χ1v) is 9.95. The average molecular weight is 521 g/mol. The van der Waals surface area contributed by atoms with E-state index in [0.717, 1.165) is 14.0 Å². The number of alkyl halides is 3. The third kappa shape index (κ3) is 6.49. The number of hydrogen-bond acceptors (Lipinski definition) is 7. The van der Waals surface area contributed by atoms with Gasteiger partial charge >= 0.3 is 23.8 Å².